The summed E-state index contributed by atoms with van der Waals surface area (Å²) in [5.74, 6) is -0.319. The molecule has 0 radical (unpaired) electrons. The van der Waals surface area contributed by atoms with E-state index >= 15 is 0 Å². The van der Waals surface area contributed by atoms with Crippen LogP contribution in [-0.4, -0.2) is 11.1 Å². The number of nitrogens with zero attached hydrogens (tertiary/aromatic N) is 1. The molecule has 1 heterocycles. The van der Waals surface area contributed by atoms with Gasteiger partial charge in [-0.3, -0.25) is 10.1 Å². The van der Waals surface area contributed by atoms with Gasteiger partial charge in [-0.05, 0) is 40.0 Å². The molecule has 2 aromatic rings. The first-order valence-corrected chi connectivity index (χ1v) is 6.49. The van der Waals surface area contributed by atoms with E-state index in [1.54, 1.807) is 6.07 Å². The quantitative estimate of drug-likeness (QED) is 0.929. The van der Waals surface area contributed by atoms with Gasteiger partial charge in [0.15, 0.2) is 0 Å². The van der Waals surface area contributed by atoms with E-state index < -0.39 is 11.7 Å². The van der Waals surface area contributed by atoms with Gasteiger partial charge in [-0.2, -0.15) is 0 Å². The third-order valence-corrected chi connectivity index (χ3v) is 3.19. The summed E-state index contributed by atoms with van der Waals surface area (Å²) in [4.78, 5) is 12.0. The molecule has 0 saturated heterocycles. The van der Waals surface area contributed by atoms with Crippen molar-refractivity contribution in [3.8, 4) is 0 Å². The lowest BCUT2D eigenvalue weighted by Gasteiger charge is -2.03. The molecule has 0 bridgehead atoms. The molecule has 0 fully saturated rings. The van der Waals surface area contributed by atoms with Gasteiger partial charge in [0, 0.05) is 10.5 Å². The first kappa shape index (κ1) is 13.7. The van der Waals surface area contributed by atoms with Gasteiger partial charge in [0.1, 0.15) is 5.82 Å². The van der Waals surface area contributed by atoms with Crippen LogP contribution in [0, 0.1) is 5.82 Å². The summed E-state index contributed by atoms with van der Waals surface area (Å²) in [5, 5.41) is 6.41. The number of carbonyl (C=O) groups excluding carboxylic acids is 1. The highest BCUT2D eigenvalue weighted by Crippen LogP contribution is 2.21. The molecule has 1 aromatic heterocycles. The monoisotopic (exact) mass is 326 g/mol. The Morgan fingerprint density at radius 1 is 1.42 bits per heavy atom. The van der Waals surface area contributed by atoms with Crippen molar-refractivity contribution in [2.24, 2.45) is 0 Å². The zero-order chi connectivity index (χ0) is 14.0. The maximum absolute atomic E-state index is 12.9. The lowest BCUT2D eigenvalue weighted by atomic mass is 10.1. The van der Waals surface area contributed by atoms with E-state index in [9.17, 15) is 9.18 Å². The summed E-state index contributed by atoms with van der Waals surface area (Å²) in [7, 11) is 0. The molecular formula is C13H12BrFN2O2. The topological polar surface area (TPSA) is 55.1 Å². The Balaban J connectivity index is 2.16. The van der Waals surface area contributed by atoms with E-state index in [4.69, 9.17) is 4.52 Å². The Hall–Kier alpha value is -1.69. The van der Waals surface area contributed by atoms with Gasteiger partial charge in [-0.1, -0.05) is 19.0 Å². The van der Waals surface area contributed by atoms with Crippen molar-refractivity contribution in [3.63, 3.8) is 0 Å². The number of aromatic nitrogens is 1. The van der Waals surface area contributed by atoms with E-state index in [2.05, 4.69) is 26.4 Å². The van der Waals surface area contributed by atoms with E-state index in [0.717, 1.165) is 5.69 Å². The van der Waals surface area contributed by atoms with Gasteiger partial charge in [-0.15, -0.1) is 0 Å². The van der Waals surface area contributed by atoms with Gasteiger partial charge in [-0.25, -0.2) is 4.39 Å². The molecule has 1 N–H and O–H groups in total. The number of anilines is 1. The molecule has 0 spiro atoms. The van der Waals surface area contributed by atoms with Gasteiger partial charge < -0.3 is 4.52 Å². The lowest BCUT2D eigenvalue weighted by Crippen LogP contribution is -2.12. The van der Waals surface area contributed by atoms with Crippen molar-refractivity contribution >= 4 is 27.7 Å². The van der Waals surface area contributed by atoms with Crippen molar-refractivity contribution in [2.45, 2.75) is 19.8 Å². The molecule has 0 aliphatic heterocycles. The number of hydrogen-bond donors (Lipinski definition) is 1. The molecule has 6 heteroatoms. The lowest BCUT2D eigenvalue weighted by molar-refractivity contribution is 0.102. The largest absolute Gasteiger partial charge is 0.338 e. The molecule has 0 saturated carbocycles. The first-order chi connectivity index (χ1) is 8.97. The molecule has 0 unspecified atom stereocenters. The molecule has 1 amide bonds. The average Bonchev–Trinajstić information content (AvgIpc) is 2.77. The van der Waals surface area contributed by atoms with Crippen molar-refractivity contribution in [1.29, 1.82) is 0 Å². The Morgan fingerprint density at radius 3 is 2.74 bits per heavy atom. The maximum atomic E-state index is 12.9. The van der Waals surface area contributed by atoms with Crippen LogP contribution in [0.15, 0.2) is 33.3 Å². The van der Waals surface area contributed by atoms with E-state index in [1.165, 1.54) is 18.2 Å². The van der Waals surface area contributed by atoms with Crippen LogP contribution >= 0.6 is 15.9 Å². The molecule has 1 aromatic carbocycles. The number of nitrogens with one attached hydrogen (secondary N) is 1. The number of rotatable bonds is 3. The van der Waals surface area contributed by atoms with Gasteiger partial charge in [0.2, 0.25) is 5.88 Å². The number of hydrogen-bond acceptors (Lipinski definition) is 3. The van der Waals surface area contributed by atoms with Crippen LogP contribution in [0.3, 0.4) is 0 Å². The van der Waals surface area contributed by atoms with Crippen LogP contribution < -0.4 is 5.32 Å². The summed E-state index contributed by atoms with van der Waals surface area (Å²) < 4.78 is 18.3. The number of amides is 1. The highest BCUT2D eigenvalue weighted by molar-refractivity contribution is 9.10. The van der Waals surface area contributed by atoms with Crippen LogP contribution in [0.25, 0.3) is 0 Å². The maximum Gasteiger partial charge on any atom is 0.259 e. The molecule has 2 rings (SSSR count). The predicted octanol–water partition coefficient (Wildman–Crippen LogP) is 3.95. The molecule has 19 heavy (non-hydrogen) atoms. The second-order valence-electron chi connectivity index (χ2n) is 4.35. The van der Waals surface area contributed by atoms with Crippen LogP contribution in [-0.2, 0) is 0 Å². The third kappa shape index (κ3) is 3.20. The summed E-state index contributed by atoms with van der Waals surface area (Å²) in [5.41, 5.74) is 1.08. The van der Waals surface area contributed by atoms with E-state index in [1.807, 2.05) is 13.8 Å². The molecule has 0 atom stereocenters. The summed E-state index contributed by atoms with van der Waals surface area (Å²) in [6.45, 7) is 3.94. The molecular weight excluding hydrogens is 315 g/mol. The van der Waals surface area contributed by atoms with Crippen LogP contribution in [0.5, 0.6) is 0 Å². The van der Waals surface area contributed by atoms with Gasteiger partial charge in [0.05, 0.1) is 11.3 Å². The summed E-state index contributed by atoms with van der Waals surface area (Å²) in [6, 6.07) is 5.52. The van der Waals surface area contributed by atoms with E-state index in [-0.39, 0.29) is 11.8 Å². The van der Waals surface area contributed by atoms with Gasteiger partial charge >= 0.3 is 0 Å². The van der Waals surface area contributed by atoms with E-state index in [0.29, 0.717) is 10.0 Å². The molecule has 0 aliphatic rings. The highest BCUT2D eigenvalue weighted by atomic mass is 79.9. The smallest absolute Gasteiger partial charge is 0.259 e. The zero-order valence-corrected chi connectivity index (χ0v) is 12.0. The zero-order valence-electron chi connectivity index (χ0n) is 10.4. The number of benzene rings is 1. The fourth-order valence-electron chi connectivity index (χ4n) is 1.47. The first-order valence-electron chi connectivity index (χ1n) is 5.70. The summed E-state index contributed by atoms with van der Waals surface area (Å²) in [6.07, 6.45) is 0. The van der Waals surface area contributed by atoms with Crippen LogP contribution in [0.2, 0.25) is 0 Å². The highest BCUT2D eigenvalue weighted by Gasteiger charge is 2.14. The average molecular weight is 327 g/mol. The minimum Gasteiger partial charge on any atom is -0.338 e. The summed E-state index contributed by atoms with van der Waals surface area (Å²) >= 11 is 3.14. The fraction of sp³-hybridized carbons (Fsp3) is 0.231. The third-order valence-electron chi connectivity index (χ3n) is 2.53. The Kier molecular flexibility index (Phi) is 3.99. The standard InChI is InChI=1S/C13H12BrFN2O2/c1-7(2)11-6-12(19-17-11)16-13(18)9-4-3-8(15)5-10(9)14/h3-7H,1-2H3,(H,16,18). The Labute approximate surface area is 118 Å². The molecule has 4 nitrogen and oxygen atoms in total. The minimum atomic E-state index is -0.412. The van der Waals surface area contributed by atoms with Crippen molar-refractivity contribution in [1.82, 2.24) is 5.16 Å². The second kappa shape index (κ2) is 5.52. The Morgan fingerprint density at radius 2 is 2.16 bits per heavy atom. The van der Waals surface area contributed by atoms with Crippen LogP contribution in [0.4, 0.5) is 10.3 Å². The molecule has 100 valence electrons. The van der Waals surface area contributed by atoms with Crippen molar-refractivity contribution in [2.75, 3.05) is 5.32 Å². The number of halogens is 2. The van der Waals surface area contributed by atoms with Gasteiger partial charge in [0.25, 0.3) is 5.91 Å². The predicted molar refractivity (Wildman–Crippen MR) is 72.6 cm³/mol. The van der Waals surface area contributed by atoms with Crippen LogP contribution in [0.1, 0.15) is 35.8 Å². The second-order valence-corrected chi connectivity index (χ2v) is 5.20. The van der Waals surface area contributed by atoms with Crippen molar-refractivity contribution in [3.05, 3.63) is 45.8 Å². The van der Waals surface area contributed by atoms with Crippen molar-refractivity contribution < 1.29 is 13.7 Å². The SMILES string of the molecule is CC(C)c1cc(NC(=O)c2ccc(F)cc2Br)on1. The fourth-order valence-corrected chi connectivity index (χ4v) is 2.00. The normalized spacial score (nSPS) is 10.8. The molecule has 0 aliphatic carbocycles. The Bertz CT molecular complexity index is 610. The minimum absolute atomic E-state index is 0.215. The number of carbonyl (C=O) groups is 1.